The Labute approximate surface area is 120 Å². The van der Waals surface area contributed by atoms with Crippen LogP contribution in [0.5, 0.6) is 0 Å². The Morgan fingerprint density at radius 3 is 2.90 bits per heavy atom. The van der Waals surface area contributed by atoms with Crippen LogP contribution in [0.4, 0.5) is 0 Å². The van der Waals surface area contributed by atoms with Gasteiger partial charge < -0.3 is 15.2 Å². The van der Waals surface area contributed by atoms with E-state index in [0.717, 1.165) is 0 Å². The number of carboxylic acid groups (broad SMARTS) is 1. The van der Waals surface area contributed by atoms with Crippen molar-refractivity contribution in [1.29, 1.82) is 0 Å². The van der Waals surface area contributed by atoms with Crippen LogP contribution in [-0.2, 0) is 9.53 Å². The molecule has 0 aliphatic rings. The second kappa shape index (κ2) is 6.31. The molecule has 1 aromatic heterocycles. The molecule has 0 aliphatic carbocycles. The normalized spacial score (nSPS) is 12.3. The van der Waals surface area contributed by atoms with Gasteiger partial charge in [-0.25, -0.2) is 9.48 Å². The minimum Gasteiger partial charge on any atom is -0.478 e. The molecule has 1 unspecified atom stereocenters. The Kier molecular flexibility index (Phi) is 4.49. The van der Waals surface area contributed by atoms with Crippen molar-refractivity contribution in [3.63, 3.8) is 0 Å². The first kappa shape index (κ1) is 14.9. The van der Waals surface area contributed by atoms with Crippen LogP contribution in [0, 0.1) is 0 Å². The Morgan fingerprint density at radius 2 is 2.24 bits per heavy atom. The van der Waals surface area contributed by atoms with Gasteiger partial charge in [-0.3, -0.25) is 4.79 Å². The zero-order valence-electron chi connectivity index (χ0n) is 11.7. The van der Waals surface area contributed by atoms with Crippen LogP contribution in [0.25, 0.3) is 11.0 Å². The quantitative estimate of drug-likeness (QED) is 0.749. The summed E-state index contributed by atoms with van der Waals surface area (Å²) in [5, 5.41) is 19.6. The van der Waals surface area contributed by atoms with Crippen molar-refractivity contribution in [2.24, 2.45) is 0 Å². The molecule has 0 aliphatic heterocycles. The summed E-state index contributed by atoms with van der Waals surface area (Å²) in [6, 6.07) is 3.87. The van der Waals surface area contributed by atoms with E-state index >= 15 is 0 Å². The fourth-order valence-corrected chi connectivity index (χ4v) is 1.89. The minimum atomic E-state index is -1.04. The van der Waals surface area contributed by atoms with Gasteiger partial charge in [0.1, 0.15) is 11.6 Å². The zero-order chi connectivity index (χ0) is 15.4. The molecule has 2 aromatic rings. The molecule has 8 nitrogen and oxygen atoms in total. The molecule has 2 rings (SSSR count). The number of amides is 1. The highest BCUT2D eigenvalue weighted by atomic mass is 16.5. The summed E-state index contributed by atoms with van der Waals surface area (Å²) in [4.78, 5) is 23.0. The summed E-state index contributed by atoms with van der Waals surface area (Å²) in [6.45, 7) is 2.48. The van der Waals surface area contributed by atoms with E-state index in [1.165, 1.54) is 16.8 Å². The lowest BCUT2D eigenvalue weighted by molar-refractivity contribution is -0.124. The number of aromatic carboxylic acids is 1. The number of nitrogens with zero attached hydrogens (tertiary/aromatic N) is 3. The predicted molar refractivity (Wildman–Crippen MR) is 74.1 cm³/mol. The van der Waals surface area contributed by atoms with E-state index < -0.39 is 12.0 Å². The number of carboxylic acids is 1. The third-order valence-corrected chi connectivity index (χ3v) is 3.07. The third kappa shape index (κ3) is 3.16. The molecule has 112 valence electrons. The van der Waals surface area contributed by atoms with Gasteiger partial charge in [-0.05, 0) is 25.1 Å². The Bertz CT molecular complexity index is 667. The fourth-order valence-electron chi connectivity index (χ4n) is 1.89. The van der Waals surface area contributed by atoms with E-state index in [4.69, 9.17) is 9.84 Å². The first-order valence-corrected chi connectivity index (χ1v) is 6.39. The molecule has 2 N–H and O–H groups in total. The highest BCUT2D eigenvalue weighted by Crippen LogP contribution is 2.17. The van der Waals surface area contributed by atoms with Gasteiger partial charge >= 0.3 is 5.97 Å². The maximum atomic E-state index is 12.0. The Balaban J connectivity index is 2.26. The third-order valence-electron chi connectivity index (χ3n) is 3.07. The van der Waals surface area contributed by atoms with Gasteiger partial charge in [-0.1, -0.05) is 5.21 Å². The van der Waals surface area contributed by atoms with Crippen LogP contribution in [-0.4, -0.2) is 52.2 Å². The average molecular weight is 292 g/mol. The van der Waals surface area contributed by atoms with Crippen LogP contribution in [0.15, 0.2) is 18.2 Å². The number of nitrogens with one attached hydrogen (secondary N) is 1. The number of hydrogen-bond acceptors (Lipinski definition) is 5. The second-order valence-corrected chi connectivity index (χ2v) is 4.50. The number of carbonyl (C=O) groups excluding carboxylic acids is 1. The van der Waals surface area contributed by atoms with Crippen LogP contribution in [0.1, 0.15) is 23.3 Å². The largest absolute Gasteiger partial charge is 0.478 e. The number of fused-ring (bicyclic) bond motifs is 1. The standard InChI is InChI=1S/C13H16N4O4/c1-8(12(18)14-5-6-21-2)17-11-7-9(13(19)20)3-4-10(11)15-16-17/h3-4,7-8H,5-6H2,1-2H3,(H,14,18)(H,19,20). The van der Waals surface area contributed by atoms with Gasteiger partial charge in [0.15, 0.2) is 0 Å². The minimum absolute atomic E-state index is 0.123. The maximum absolute atomic E-state index is 12.0. The molecular formula is C13H16N4O4. The lowest BCUT2D eigenvalue weighted by atomic mass is 10.2. The molecule has 1 amide bonds. The second-order valence-electron chi connectivity index (χ2n) is 4.50. The number of ether oxygens (including phenoxy) is 1. The van der Waals surface area contributed by atoms with E-state index in [-0.39, 0.29) is 11.5 Å². The zero-order valence-corrected chi connectivity index (χ0v) is 11.7. The maximum Gasteiger partial charge on any atom is 0.335 e. The number of carbonyl (C=O) groups is 2. The van der Waals surface area contributed by atoms with Crippen LogP contribution < -0.4 is 5.32 Å². The molecule has 21 heavy (non-hydrogen) atoms. The van der Waals surface area contributed by atoms with Gasteiger partial charge in [0.2, 0.25) is 5.91 Å². The van der Waals surface area contributed by atoms with E-state index in [9.17, 15) is 9.59 Å². The van der Waals surface area contributed by atoms with E-state index in [1.807, 2.05) is 0 Å². The van der Waals surface area contributed by atoms with E-state index in [1.54, 1.807) is 20.1 Å². The van der Waals surface area contributed by atoms with Crippen molar-refractivity contribution >= 4 is 22.9 Å². The summed E-state index contributed by atoms with van der Waals surface area (Å²) in [5.74, 6) is -1.28. The van der Waals surface area contributed by atoms with Crippen molar-refractivity contribution in [3.05, 3.63) is 23.8 Å². The smallest absolute Gasteiger partial charge is 0.335 e. The molecule has 1 heterocycles. The highest BCUT2D eigenvalue weighted by Gasteiger charge is 2.19. The molecule has 0 spiro atoms. The molecule has 8 heteroatoms. The number of rotatable bonds is 6. The van der Waals surface area contributed by atoms with Crippen LogP contribution in [0.3, 0.4) is 0 Å². The molecule has 0 fully saturated rings. The summed E-state index contributed by atoms with van der Waals surface area (Å²) < 4.78 is 6.27. The molecule has 1 aromatic carbocycles. The van der Waals surface area contributed by atoms with Crippen molar-refractivity contribution in [1.82, 2.24) is 20.3 Å². The van der Waals surface area contributed by atoms with Crippen molar-refractivity contribution in [3.8, 4) is 0 Å². The van der Waals surface area contributed by atoms with E-state index in [2.05, 4.69) is 15.6 Å². The summed E-state index contributed by atoms with van der Waals surface area (Å²) in [5.41, 5.74) is 1.17. The Morgan fingerprint density at radius 1 is 1.48 bits per heavy atom. The summed E-state index contributed by atoms with van der Waals surface area (Å²) in [6.07, 6.45) is 0. The number of benzene rings is 1. The SMILES string of the molecule is COCCNC(=O)C(C)n1nnc2ccc(C(=O)O)cc21. The summed E-state index contributed by atoms with van der Waals surface area (Å²) >= 11 is 0. The molecule has 0 radical (unpaired) electrons. The monoisotopic (exact) mass is 292 g/mol. The number of hydrogen-bond donors (Lipinski definition) is 2. The van der Waals surface area contributed by atoms with Gasteiger partial charge in [0.05, 0.1) is 17.7 Å². The van der Waals surface area contributed by atoms with Gasteiger partial charge in [0.25, 0.3) is 0 Å². The van der Waals surface area contributed by atoms with Crippen molar-refractivity contribution in [2.75, 3.05) is 20.3 Å². The first-order valence-electron chi connectivity index (χ1n) is 6.39. The fraction of sp³-hybridized carbons (Fsp3) is 0.385. The summed E-state index contributed by atoms with van der Waals surface area (Å²) in [7, 11) is 1.55. The molecule has 0 bridgehead atoms. The molecule has 1 atom stereocenters. The first-order chi connectivity index (χ1) is 10.0. The molecule has 0 saturated heterocycles. The van der Waals surface area contributed by atoms with Crippen molar-refractivity contribution in [2.45, 2.75) is 13.0 Å². The lowest BCUT2D eigenvalue weighted by Crippen LogP contribution is -2.33. The van der Waals surface area contributed by atoms with Gasteiger partial charge in [0, 0.05) is 13.7 Å². The van der Waals surface area contributed by atoms with Gasteiger partial charge in [-0.2, -0.15) is 0 Å². The van der Waals surface area contributed by atoms with Crippen LogP contribution in [0.2, 0.25) is 0 Å². The predicted octanol–water partition coefficient (Wildman–Crippen LogP) is 0.453. The highest BCUT2D eigenvalue weighted by molar-refractivity contribution is 5.92. The van der Waals surface area contributed by atoms with Gasteiger partial charge in [-0.15, -0.1) is 5.10 Å². The van der Waals surface area contributed by atoms with E-state index in [0.29, 0.717) is 24.2 Å². The van der Waals surface area contributed by atoms with Crippen LogP contribution >= 0.6 is 0 Å². The average Bonchev–Trinajstić information content (AvgIpc) is 2.89. The molecule has 0 saturated carbocycles. The lowest BCUT2D eigenvalue weighted by Gasteiger charge is -2.12. The number of methoxy groups -OCH3 is 1. The number of aromatic nitrogens is 3. The Hall–Kier alpha value is -2.48. The van der Waals surface area contributed by atoms with Crippen molar-refractivity contribution < 1.29 is 19.4 Å². The molecular weight excluding hydrogens is 276 g/mol. The topological polar surface area (TPSA) is 106 Å².